The molecule has 15 heavy (non-hydrogen) atoms. The van der Waals surface area contributed by atoms with Crippen molar-refractivity contribution in [2.75, 3.05) is 0 Å². The van der Waals surface area contributed by atoms with Gasteiger partial charge in [0.25, 0.3) is 0 Å². The maximum absolute atomic E-state index is 11.3. The van der Waals surface area contributed by atoms with Gasteiger partial charge in [-0.05, 0) is 27.7 Å². The van der Waals surface area contributed by atoms with Crippen molar-refractivity contribution >= 4 is 24.5 Å². The van der Waals surface area contributed by atoms with Crippen LogP contribution in [0.15, 0.2) is 0 Å². The largest absolute Gasteiger partial charge is 0.392 e. The third-order valence-electron chi connectivity index (χ3n) is 1.83. The molecule has 84 valence electrons. The predicted octanol–water partition coefficient (Wildman–Crippen LogP) is 0.506. The van der Waals surface area contributed by atoms with Gasteiger partial charge in [0, 0.05) is 0 Å². The number of carbonyl (C=O) groups is 4. The van der Waals surface area contributed by atoms with Crippen molar-refractivity contribution < 1.29 is 23.9 Å². The van der Waals surface area contributed by atoms with Crippen molar-refractivity contribution in [3.05, 3.63) is 0 Å². The van der Waals surface area contributed by atoms with Crippen LogP contribution in [0.5, 0.6) is 0 Å². The lowest BCUT2D eigenvalue weighted by Crippen LogP contribution is -2.36. The van der Waals surface area contributed by atoms with Crippen molar-refractivity contribution in [2.24, 2.45) is 10.8 Å². The zero-order valence-corrected chi connectivity index (χ0v) is 9.20. The van der Waals surface area contributed by atoms with Crippen LogP contribution in [0.25, 0.3) is 0 Å². The molecular formula is C10H14O5. The second-order valence-corrected chi connectivity index (χ2v) is 4.36. The van der Waals surface area contributed by atoms with E-state index in [0.29, 0.717) is 12.6 Å². The Bertz CT molecular complexity index is 271. The summed E-state index contributed by atoms with van der Waals surface area (Å²) in [6, 6.07) is 0. The maximum atomic E-state index is 11.3. The molecule has 0 saturated carbocycles. The minimum Gasteiger partial charge on any atom is -0.392 e. The molecule has 0 N–H and O–H groups in total. The van der Waals surface area contributed by atoms with Crippen LogP contribution in [0.1, 0.15) is 27.7 Å². The number of carbonyl (C=O) groups excluding carboxylic acids is 4. The number of rotatable bonds is 4. The van der Waals surface area contributed by atoms with Crippen LogP contribution < -0.4 is 0 Å². The van der Waals surface area contributed by atoms with Crippen LogP contribution in [-0.2, 0) is 23.9 Å². The number of hydrogen-bond donors (Lipinski definition) is 0. The predicted molar refractivity (Wildman–Crippen MR) is 50.8 cm³/mol. The molecule has 5 nitrogen and oxygen atoms in total. The molecule has 0 aliphatic rings. The number of esters is 2. The van der Waals surface area contributed by atoms with Crippen molar-refractivity contribution in [3.8, 4) is 0 Å². The first-order valence-electron chi connectivity index (χ1n) is 4.37. The van der Waals surface area contributed by atoms with Crippen LogP contribution >= 0.6 is 0 Å². The van der Waals surface area contributed by atoms with Crippen LogP contribution in [-0.4, -0.2) is 24.5 Å². The molecule has 0 radical (unpaired) electrons. The van der Waals surface area contributed by atoms with Crippen molar-refractivity contribution in [1.29, 1.82) is 0 Å². The zero-order valence-electron chi connectivity index (χ0n) is 9.20. The molecule has 0 saturated heterocycles. The lowest BCUT2D eigenvalue weighted by Gasteiger charge is -2.18. The van der Waals surface area contributed by atoms with Gasteiger partial charge < -0.3 is 14.3 Å². The number of ether oxygens (including phenoxy) is 1. The summed E-state index contributed by atoms with van der Waals surface area (Å²) >= 11 is 0. The molecule has 0 atom stereocenters. The summed E-state index contributed by atoms with van der Waals surface area (Å²) in [6.07, 6.45) is 0.771. The Labute approximate surface area is 87.8 Å². The Morgan fingerprint density at radius 1 is 0.867 bits per heavy atom. The third-order valence-corrected chi connectivity index (χ3v) is 1.83. The van der Waals surface area contributed by atoms with Gasteiger partial charge in [0.15, 0.2) is 0 Å². The molecule has 0 bridgehead atoms. The summed E-state index contributed by atoms with van der Waals surface area (Å²) < 4.78 is 4.42. The topological polar surface area (TPSA) is 77.5 Å². The van der Waals surface area contributed by atoms with E-state index in [0.717, 1.165) is 0 Å². The van der Waals surface area contributed by atoms with Gasteiger partial charge in [0.1, 0.15) is 23.4 Å². The summed E-state index contributed by atoms with van der Waals surface area (Å²) in [5, 5.41) is 0. The van der Waals surface area contributed by atoms with E-state index in [2.05, 4.69) is 4.74 Å². The highest BCUT2D eigenvalue weighted by molar-refractivity contribution is 6.02. The van der Waals surface area contributed by atoms with Crippen LogP contribution in [0.4, 0.5) is 0 Å². The molecule has 0 aliphatic carbocycles. The van der Waals surface area contributed by atoms with Crippen LogP contribution in [0.2, 0.25) is 0 Å². The van der Waals surface area contributed by atoms with Gasteiger partial charge in [-0.3, -0.25) is 9.59 Å². The van der Waals surface area contributed by atoms with Crippen molar-refractivity contribution in [1.82, 2.24) is 0 Å². The summed E-state index contributed by atoms with van der Waals surface area (Å²) in [5.41, 5.74) is -2.76. The van der Waals surface area contributed by atoms with E-state index in [1.54, 1.807) is 0 Å². The van der Waals surface area contributed by atoms with E-state index in [4.69, 9.17) is 0 Å². The number of hydrogen-bond acceptors (Lipinski definition) is 5. The Morgan fingerprint density at radius 2 is 1.13 bits per heavy atom. The fourth-order valence-corrected chi connectivity index (χ4v) is 0.443. The molecule has 0 rings (SSSR count). The minimum absolute atomic E-state index is 0.385. The Balaban J connectivity index is 4.65. The molecule has 0 aromatic heterocycles. The summed E-state index contributed by atoms with van der Waals surface area (Å²) in [5.74, 6) is -1.92. The molecule has 0 amide bonds. The smallest absolute Gasteiger partial charge is 0.326 e. The standard InChI is InChI=1S/C10H14O5/c1-9(2,5-11)7(13)15-8(14)10(3,4)6-12/h5-6H,1-4H3. The van der Waals surface area contributed by atoms with Crippen LogP contribution in [0, 0.1) is 10.8 Å². The molecule has 0 aromatic carbocycles. The van der Waals surface area contributed by atoms with E-state index in [1.165, 1.54) is 27.7 Å². The average Bonchev–Trinajstić information content (AvgIpc) is 2.17. The molecule has 0 heterocycles. The SMILES string of the molecule is CC(C)(C=O)C(=O)OC(=O)C(C)(C)C=O. The first-order valence-corrected chi connectivity index (χ1v) is 4.37. The van der Waals surface area contributed by atoms with Gasteiger partial charge in [0.2, 0.25) is 0 Å². The van der Waals surface area contributed by atoms with E-state index >= 15 is 0 Å². The number of aldehydes is 2. The molecule has 0 aromatic rings. The van der Waals surface area contributed by atoms with E-state index in [-0.39, 0.29) is 0 Å². The highest BCUT2D eigenvalue weighted by atomic mass is 16.6. The van der Waals surface area contributed by atoms with E-state index in [9.17, 15) is 19.2 Å². The third kappa shape index (κ3) is 3.27. The summed E-state index contributed by atoms with van der Waals surface area (Å²) in [6.45, 7) is 5.29. The first kappa shape index (κ1) is 13.5. The monoisotopic (exact) mass is 214 g/mol. The van der Waals surface area contributed by atoms with Crippen molar-refractivity contribution in [3.63, 3.8) is 0 Å². The Kier molecular flexibility index (Phi) is 3.90. The fourth-order valence-electron chi connectivity index (χ4n) is 0.443. The second-order valence-electron chi connectivity index (χ2n) is 4.36. The maximum Gasteiger partial charge on any atom is 0.326 e. The van der Waals surface area contributed by atoms with Gasteiger partial charge in [-0.2, -0.15) is 0 Å². The molecular weight excluding hydrogens is 200 g/mol. The summed E-state index contributed by atoms with van der Waals surface area (Å²) in [4.78, 5) is 43.5. The van der Waals surface area contributed by atoms with Gasteiger partial charge in [-0.25, -0.2) is 0 Å². The molecule has 0 unspecified atom stereocenters. The van der Waals surface area contributed by atoms with Gasteiger partial charge in [0.05, 0.1) is 0 Å². The molecule has 5 heteroatoms. The minimum atomic E-state index is -1.38. The average molecular weight is 214 g/mol. The highest BCUT2D eigenvalue weighted by Gasteiger charge is 2.36. The molecule has 0 spiro atoms. The van der Waals surface area contributed by atoms with Crippen LogP contribution in [0.3, 0.4) is 0 Å². The Morgan fingerprint density at radius 3 is 1.33 bits per heavy atom. The molecule has 0 fully saturated rings. The van der Waals surface area contributed by atoms with E-state index in [1.807, 2.05) is 0 Å². The lowest BCUT2D eigenvalue weighted by molar-refractivity contribution is -0.171. The van der Waals surface area contributed by atoms with Crippen molar-refractivity contribution in [2.45, 2.75) is 27.7 Å². The quantitative estimate of drug-likeness (QED) is 0.387. The van der Waals surface area contributed by atoms with Gasteiger partial charge in [-0.1, -0.05) is 0 Å². The summed E-state index contributed by atoms with van der Waals surface area (Å²) in [7, 11) is 0. The highest BCUT2D eigenvalue weighted by Crippen LogP contribution is 2.18. The first-order chi connectivity index (χ1) is 6.67. The van der Waals surface area contributed by atoms with E-state index < -0.39 is 22.8 Å². The lowest BCUT2D eigenvalue weighted by atomic mass is 9.94. The Hall–Kier alpha value is -1.52. The molecule has 0 aliphatic heterocycles. The van der Waals surface area contributed by atoms with Gasteiger partial charge in [-0.15, -0.1) is 0 Å². The van der Waals surface area contributed by atoms with Gasteiger partial charge >= 0.3 is 11.9 Å². The fraction of sp³-hybridized carbons (Fsp3) is 0.600. The zero-order chi connectivity index (χ0) is 12.3. The normalized spacial score (nSPS) is 11.7. The second kappa shape index (κ2) is 4.33.